The highest BCUT2D eigenvalue weighted by molar-refractivity contribution is 7.17. The van der Waals surface area contributed by atoms with Crippen LogP contribution in [-0.4, -0.2) is 11.3 Å². The van der Waals surface area contributed by atoms with Crippen molar-refractivity contribution in [2.24, 2.45) is 5.73 Å². The Hall–Kier alpha value is -1.19. The van der Waals surface area contributed by atoms with Crippen LogP contribution in [0.4, 0.5) is 0 Å². The van der Waals surface area contributed by atoms with Gasteiger partial charge in [-0.25, -0.2) is 0 Å². The number of fused-ring (bicyclic) bond motifs is 1. The van der Waals surface area contributed by atoms with Gasteiger partial charge in [0.1, 0.15) is 0 Å². The second-order valence-electron chi connectivity index (χ2n) is 4.20. The first-order chi connectivity index (χ1) is 7.00. The van der Waals surface area contributed by atoms with Crippen LogP contribution in [0.25, 0.3) is 10.1 Å². The van der Waals surface area contributed by atoms with Crippen molar-refractivity contribution in [3.8, 4) is 0 Å². The Balaban J connectivity index is 2.62. The summed E-state index contributed by atoms with van der Waals surface area (Å²) in [6.45, 7) is 3.48. The third-order valence-corrected chi connectivity index (χ3v) is 3.27. The van der Waals surface area contributed by atoms with Crippen molar-refractivity contribution in [2.45, 2.75) is 19.4 Å². The van der Waals surface area contributed by atoms with Gasteiger partial charge in [0.25, 0.3) is 0 Å². The normalized spacial score (nSPS) is 11.9. The fourth-order valence-corrected chi connectivity index (χ4v) is 2.43. The zero-order valence-electron chi connectivity index (χ0n) is 8.78. The lowest BCUT2D eigenvalue weighted by atomic mass is 9.94. The van der Waals surface area contributed by atoms with Gasteiger partial charge in [-0.1, -0.05) is 12.1 Å². The number of hydrogen-bond acceptors (Lipinski definition) is 3. The number of Topliss-reactive ketones (excluding diaryl/α,β-unsaturated/α-hetero) is 1. The summed E-state index contributed by atoms with van der Waals surface area (Å²) in [4.78, 5) is 12.1. The Kier molecular flexibility index (Phi) is 2.37. The molecule has 0 bridgehead atoms. The van der Waals surface area contributed by atoms with Gasteiger partial charge in [0.2, 0.25) is 0 Å². The molecule has 2 nitrogen and oxygen atoms in total. The van der Waals surface area contributed by atoms with E-state index in [2.05, 4.69) is 0 Å². The molecular weight excluding hydrogens is 206 g/mol. The van der Waals surface area contributed by atoms with Crippen molar-refractivity contribution in [3.63, 3.8) is 0 Å². The lowest BCUT2D eigenvalue weighted by molar-refractivity contribution is 0.0915. The molecule has 0 spiro atoms. The van der Waals surface area contributed by atoms with Gasteiger partial charge in [0.05, 0.1) is 5.54 Å². The second kappa shape index (κ2) is 3.43. The van der Waals surface area contributed by atoms with E-state index in [9.17, 15) is 4.79 Å². The van der Waals surface area contributed by atoms with E-state index >= 15 is 0 Å². The van der Waals surface area contributed by atoms with Crippen molar-refractivity contribution in [1.29, 1.82) is 0 Å². The highest BCUT2D eigenvalue weighted by atomic mass is 32.1. The van der Waals surface area contributed by atoms with Gasteiger partial charge in [0.15, 0.2) is 5.78 Å². The molecule has 2 rings (SSSR count). The first-order valence-electron chi connectivity index (χ1n) is 4.80. The van der Waals surface area contributed by atoms with Gasteiger partial charge >= 0.3 is 0 Å². The molecular formula is C12H13NOS. The fourth-order valence-electron chi connectivity index (χ4n) is 1.52. The minimum atomic E-state index is -0.807. The molecule has 1 heterocycles. The van der Waals surface area contributed by atoms with Gasteiger partial charge in [-0.15, -0.1) is 11.3 Å². The molecule has 0 radical (unpaired) electrons. The fraction of sp³-hybridized carbons (Fsp3) is 0.250. The van der Waals surface area contributed by atoms with Crippen molar-refractivity contribution in [3.05, 3.63) is 35.2 Å². The lowest BCUT2D eigenvalue weighted by Crippen LogP contribution is -2.41. The van der Waals surface area contributed by atoms with E-state index in [0.717, 1.165) is 15.6 Å². The molecule has 15 heavy (non-hydrogen) atoms. The van der Waals surface area contributed by atoms with Crippen LogP contribution in [0.15, 0.2) is 29.6 Å². The summed E-state index contributed by atoms with van der Waals surface area (Å²) in [7, 11) is 0. The number of thiophene rings is 1. The van der Waals surface area contributed by atoms with Crippen LogP contribution in [0.2, 0.25) is 0 Å². The molecule has 0 amide bonds. The lowest BCUT2D eigenvalue weighted by Gasteiger charge is -2.17. The molecule has 1 aromatic heterocycles. The van der Waals surface area contributed by atoms with E-state index < -0.39 is 5.54 Å². The summed E-state index contributed by atoms with van der Waals surface area (Å²) in [6.07, 6.45) is 0. The number of carbonyl (C=O) groups excluding carboxylic acids is 1. The minimum Gasteiger partial charge on any atom is -0.319 e. The van der Waals surface area contributed by atoms with Gasteiger partial charge < -0.3 is 5.73 Å². The maximum absolute atomic E-state index is 12.1. The number of benzene rings is 1. The number of ketones is 1. The van der Waals surface area contributed by atoms with Crippen LogP contribution in [0.3, 0.4) is 0 Å². The Morgan fingerprint density at radius 1 is 1.33 bits per heavy atom. The quantitative estimate of drug-likeness (QED) is 0.789. The molecule has 2 N–H and O–H groups in total. The van der Waals surface area contributed by atoms with E-state index in [-0.39, 0.29) is 5.78 Å². The van der Waals surface area contributed by atoms with Crippen LogP contribution in [-0.2, 0) is 0 Å². The molecule has 0 saturated carbocycles. The Morgan fingerprint density at radius 2 is 2.07 bits per heavy atom. The standard InChI is InChI=1S/C12H13NOS/c1-12(2,13)11(14)9-5-3-4-8-6-7-15-10(8)9/h3-7H,13H2,1-2H3. The molecule has 0 aliphatic rings. The molecule has 0 unspecified atom stereocenters. The van der Waals surface area contributed by atoms with E-state index in [4.69, 9.17) is 5.73 Å². The molecule has 1 aromatic carbocycles. The summed E-state index contributed by atoms with van der Waals surface area (Å²) in [5.41, 5.74) is 5.75. The van der Waals surface area contributed by atoms with Gasteiger partial charge in [0, 0.05) is 10.3 Å². The third kappa shape index (κ3) is 1.80. The smallest absolute Gasteiger partial charge is 0.183 e. The van der Waals surface area contributed by atoms with E-state index in [1.54, 1.807) is 25.2 Å². The summed E-state index contributed by atoms with van der Waals surface area (Å²) < 4.78 is 1.03. The first kappa shape index (κ1) is 10.3. The van der Waals surface area contributed by atoms with Crippen molar-refractivity contribution in [2.75, 3.05) is 0 Å². The molecule has 0 aliphatic heterocycles. The molecule has 2 aromatic rings. The highest BCUT2D eigenvalue weighted by Gasteiger charge is 2.25. The van der Waals surface area contributed by atoms with Crippen molar-refractivity contribution < 1.29 is 4.79 Å². The van der Waals surface area contributed by atoms with E-state index in [0.29, 0.717) is 0 Å². The molecule has 0 aliphatic carbocycles. The van der Waals surface area contributed by atoms with Gasteiger partial charge in [-0.3, -0.25) is 4.79 Å². The van der Waals surface area contributed by atoms with Crippen molar-refractivity contribution >= 4 is 27.2 Å². The zero-order chi connectivity index (χ0) is 11.1. The topological polar surface area (TPSA) is 43.1 Å². The maximum atomic E-state index is 12.1. The number of rotatable bonds is 2. The molecule has 0 fully saturated rings. The van der Waals surface area contributed by atoms with Crippen LogP contribution >= 0.6 is 11.3 Å². The number of hydrogen-bond donors (Lipinski definition) is 1. The molecule has 3 heteroatoms. The monoisotopic (exact) mass is 219 g/mol. The van der Waals surface area contributed by atoms with Crippen LogP contribution in [0.5, 0.6) is 0 Å². The Bertz CT molecular complexity index is 508. The van der Waals surface area contributed by atoms with E-state index in [1.807, 2.05) is 29.6 Å². The second-order valence-corrected chi connectivity index (χ2v) is 5.11. The summed E-state index contributed by atoms with van der Waals surface area (Å²) in [5, 5.41) is 3.10. The van der Waals surface area contributed by atoms with E-state index in [1.165, 1.54) is 0 Å². The molecule has 78 valence electrons. The highest BCUT2D eigenvalue weighted by Crippen LogP contribution is 2.26. The number of nitrogens with two attached hydrogens (primary N) is 1. The summed E-state index contributed by atoms with van der Waals surface area (Å²) in [5.74, 6) is -0.00412. The predicted octanol–water partition coefficient (Wildman–Crippen LogP) is 2.82. The Morgan fingerprint density at radius 3 is 2.73 bits per heavy atom. The molecule has 0 atom stereocenters. The first-order valence-corrected chi connectivity index (χ1v) is 5.68. The van der Waals surface area contributed by atoms with Crippen LogP contribution in [0, 0.1) is 0 Å². The maximum Gasteiger partial charge on any atom is 0.183 e. The minimum absolute atomic E-state index is 0.00412. The average molecular weight is 219 g/mol. The third-order valence-electron chi connectivity index (χ3n) is 2.31. The van der Waals surface area contributed by atoms with Crippen molar-refractivity contribution in [1.82, 2.24) is 0 Å². The average Bonchev–Trinajstić information content (AvgIpc) is 2.62. The number of carbonyl (C=O) groups is 1. The zero-order valence-corrected chi connectivity index (χ0v) is 9.60. The van der Waals surface area contributed by atoms with Gasteiger partial charge in [-0.2, -0.15) is 0 Å². The largest absolute Gasteiger partial charge is 0.319 e. The summed E-state index contributed by atoms with van der Waals surface area (Å²) >= 11 is 1.58. The van der Waals surface area contributed by atoms with Gasteiger partial charge in [-0.05, 0) is 36.7 Å². The molecule has 0 saturated heterocycles. The van der Waals surface area contributed by atoms with Crippen LogP contribution < -0.4 is 5.73 Å². The summed E-state index contributed by atoms with van der Waals surface area (Å²) in [6, 6.07) is 7.76. The van der Waals surface area contributed by atoms with Crippen LogP contribution in [0.1, 0.15) is 24.2 Å². The predicted molar refractivity (Wildman–Crippen MR) is 64.4 cm³/mol. The Labute approximate surface area is 92.7 Å². The SMILES string of the molecule is CC(C)(N)C(=O)c1cccc2ccsc12.